The maximum atomic E-state index is 12.2. The average molecular weight is 389 g/mol. The zero-order valence-electron chi connectivity index (χ0n) is 14.9. The lowest BCUT2D eigenvalue weighted by Crippen LogP contribution is -2.37. The molecule has 2 N–H and O–H groups in total. The highest BCUT2D eigenvalue weighted by Gasteiger charge is 2.46. The summed E-state index contributed by atoms with van der Waals surface area (Å²) in [7, 11) is 2.50. The van der Waals surface area contributed by atoms with Crippen LogP contribution in [0.15, 0.2) is 17.1 Å². The fourth-order valence-corrected chi connectivity index (χ4v) is 2.95. The second-order valence-corrected chi connectivity index (χ2v) is 7.35. The lowest BCUT2D eigenvalue weighted by Gasteiger charge is -2.20. The van der Waals surface area contributed by atoms with Crippen LogP contribution in [0.4, 0.5) is 5.82 Å². The van der Waals surface area contributed by atoms with Crippen molar-refractivity contribution < 1.29 is 28.5 Å². The number of aliphatic hydroxyl groups excluding tert-OH is 1. The number of anilines is 1. The smallest absolute Gasteiger partial charge is 0.387 e. The molecule has 5 unspecified atom stereocenters. The molecule has 12 heteroatoms. The van der Waals surface area contributed by atoms with Gasteiger partial charge in [-0.3, -0.25) is 9.36 Å². The van der Waals surface area contributed by atoms with E-state index in [1.165, 1.54) is 31.0 Å². The molecule has 1 aliphatic heterocycles. The topological polar surface area (TPSA) is 132 Å². The molecule has 144 valence electrons. The molecule has 1 aliphatic rings. The number of rotatable bonds is 7. The van der Waals surface area contributed by atoms with Crippen molar-refractivity contribution in [1.29, 1.82) is 0 Å². The fourth-order valence-electron chi connectivity index (χ4n) is 2.44. The van der Waals surface area contributed by atoms with Crippen LogP contribution in [0.25, 0.3) is 0 Å². The molecule has 5 atom stereocenters. The van der Waals surface area contributed by atoms with Crippen molar-refractivity contribution in [2.75, 3.05) is 33.1 Å². The zero-order valence-corrected chi connectivity index (χ0v) is 15.8. The van der Waals surface area contributed by atoms with Crippen LogP contribution in [0, 0.1) is 0 Å². The molecule has 2 heterocycles. The van der Waals surface area contributed by atoms with Crippen molar-refractivity contribution in [3.8, 4) is 0 Å². The van der Waals surface area contributed by atoms with Crippen molar-refractivity contribution in [2.24, 2.45) is 0 Å². The number of carbonyl (C=O) groups excluding carboxylic acids is 1. The first-order valence-corrected chi connectivity index (χ1v) is 8.88. The number of ether oxygens (including phenoxy) is 2. The Bertz CT molecular complexity index is 725. The number of nitrogens with one attached hydrogen (secondary N) is 1. The Morgan fingerprint density at radius 1 is 1.54 bits per heavy atom. The van der Waals surface area contributed by atoms with Crippen LogP contribution in [0.5, 0.6) is 0 Å². The van der Waals surface area contributed by atoms with Crippen molar-refractivity contribution in [3.05, 3.63) is 22.7 Å². The minimum atomic E-state index is -2.05. The third-order valence-electron chi connectivity index (χ3n) is 3.67. The van der Waals surface area contributed by atoms with Gasteiger partial charge < -0.3 is 19.9 Å². The number of hydrogen-bond acceptors (Lipinski definition) is 8. The monoisotopic (exact) mass is 389 g/mol. The highest BCUT2D eigenvalue weighted by Crippen LogP contribution is 2.33. The van der Waals surface area contributed by atoms with Crippen molar-refractivity contribution in [1.82, 2.24) is 14.2 Å². The van der Waals surface area contributed by atoms with E-state index in [1.807, 2.05) is 0 Å². The molecule has 11 nitrogen and oxygen atoms in total. The Morgan fingerprint density at radius 3 is 2.77 bits per heavy atom. The molecule has 0 bridgehead atoms. The van der Waals surface area contributed by atoms with E-state index >= 15 is 0 Å². The van der Waals surface area contributed by atoms with E-state index in [9.17, 15) is 19.3 Å². The summed E-state index contributed by atoms with van der Waals surface area (Å²) in [5.41, 5.74) is -0.684. The van der Waals surface area contributed by atoms with Gasteiger partial charge in [-0.25, -0.2) is 4.79 Å². The van der Waals surface area contributed by atoms with E-state index in [0.29, 0.717) is 0 Å². The fraction of sp³-hybridized carbons (Fsp3) is 0.643. The SMILES string of the molecule is COC1C(O)C(CO[P+](=O)N(C)C)OC1n1ccc(NC(C)=O)nc1=O. The third kappa shape index (κ3) is 4.70. The molecule has 0 radical (unpaired) electrons. The molecule has 1 fully saturated rings. The quantitative estimate of drug-likeness (QED) is 0.604. The molecule has 1 aromatic rings. The number of aliphatic hydroxyl groups is 1. The van der Waals surface area contributed by atoms with Crippen molar-refractivity contribution in [2.45, 2.75) is 31.5 Å². The second-order valence-electron chi connectivity index (χ2n) is 5.82. The Kier molecular flexibility index (Phi) is 6.93. The number of carbonyl (C=O) groups is 1. The largest absolute Gasteiger partial charge is 0.615 e. The molecular formula is C14H22N4O7P+. The van der Waals surface area contributed by atoms with Gasteiger partial charge in [0.05, 0.1) is 0 Å². The summed E-state index contributed by atoms with van der Waals surface area (Å²) in [5, 5.41) is 12.8. The summed E-state index contributed by atoms with van der Waals surface area (Å²) in [6.45, 7) is 1.16. The molecular weight excluding hydrogens is 367 g/mol. The van der Waals surface area contributed by atoms with Gasteiger partial charge in [-0.2, -0.15) is 4.98 Å². The van der Waals surface area contributed by atoms with Gasteiger partial charge in [-0.05, 0) is 10.6 Å². The van der Waals surface area contributed by atoms with Gasteiger partial charge >= 0.3 is 13.9 Å². The van der Waals surface area contributed by atoms with Crippen LogP contribution in [-0.2, 0) is 23.4 Å². The molecule has 1 saturated heterocycles. The van der Waals surface area contributed by atoms with E-state index in [2.05, 4.69) is 10.3 Å². The first-order chi connectivity index (χ1) is 12.2. The highest BCUT2D eigenvalue weighted by atomic mass is 31.1. The zero-order chi connectivity index (χ0) is 19.4. The number of aromatic nitrogens is 2. The molecule has 0 aliphatic carbocycles. The number of hydrogen-bond donors (Lipinski definition) is 2. The molecule has 1 amide bonds. The Balaban J connectivity index is 2.16. The lowest BCUT2D eigenvalue weighted by atomic mass is 10.1. The van der Waals surface area contributed by atoms with E-state index in [1.54, 1.807) is 14.1 Å². The minimum Gasteiger partial charge on any atom is -0.387 e. The van der Waals surface area contributed by atoms with E-state index in [0.717, 1.165) is 4.57 Å². The van der Waals surface area contributed by atoms with Crippen LogP contribution in [0.3, 0.4) is 0 Å². The summed E-state index contributed by atoms with van der Waals surface area (Å²) in [6, 6.07) is 1.43. The first kappa shape index (κ1) is 20.6. The number of methoxy groups -OCH3 is 1. The van der Waals surface area contributed by atoms with Crippen LogP contribution in [-0.4, -0.2) is 71.4 Å². The second kappa shape index (κ2) is 8.76. The summed E-state index contributed by atoms with van der Waals surface area (Å²) in [4.78, 5) is 27.0. The van der Waals surface area contributed by atoms with Crippen molar-refractivity contribution in [3.63, 3.8) is 0 Å². The van der Waals surface area contributed by atoms with Gasteiger partial charge in [0.25, 0.3) is 0 Å². The van der Waals surface area contributed by atoms with Gasteiger partial charge in [0.1, 0.15) is 30.7 Å². The van der Waals surface area contributed by atoms with Gasteiger partial charge in [-0.15, -0.1) is 4.52 Å². The van der Waals surface area contributed by atoms with E-state index in [4.69, 9.17) is 14.0 Å². The summed E-state index contributed by atoms with van der Waals surface area (Å²) < 4.78 is 30.3. The highest BCUT2D eigenvalue weighted by molar-refractivity contribution is 7.36. The molecule has 0 saturated carbocycles. The standard InChI is InChI=1S/C14H21N4O7P/c1-8(19)15-10-5-6-18(14(21)16-10)13-12(23-4)11(20)9(25-13)7-24-26(22)17(2)3/h5-6,9,11-13,20H,7H2,1-4H3/p+1. The molecule has 1 aromatic heterocycles. The maximum absolute atomic E-state index is 12.2. The number of nitrogens with zero attached hydrogens (tertiary/aromatic N) is 3. The Morgan fingerprint density at radius 2 is 2.23 bits per heavy atom. The van der Waals surface area contributed by atoms with E-state index < -0.39 is 38.4 Å². The van der Waals surface area contributed by atoms with Crippen LogP contribution < -0.4 is 11.0 Å². The van der Waals surface area contributed by atoms with Crippen LogP contribution in [0.2, 0.25) is 0 Å². The average Bonchev–Trinajstić information content (AvgIpc) is 2.87. The predicted octanol–water partition coefficient (Wildman–Crippen LogP) is -0.289. The molecule has 0 spiro atoms. The predicted molar refractivity (Wildman–Crippen MR) is 90.8 cm³/mol. The normalized spacial score (nSPS) is 26.2. The minimum absolute atomic E-state index is 0.106. The third-order valence-corrected chi connectivity index (χ3v) is 4.69. The molecule has 2 rings (SSSR count). The summed E-state index contributed by atoms with van der Waals surface area (Å²) in [6.07, 6.45) is -2.37. The summed E-state index contributed by atoms with van der Waals surface area (Å²) >= 11 is 0. The Hall–Kier alpha value is -1.75. The van der Waals surface area contributed by atoms with Crippen LogP contribution >= 0.6 is 8.18 Å². The van der Waals surface area contributed by atoms with Gasteiger partial charge in [0, 0.05) is 34.3 Å². The van der Waals surface area contributed by atoms with Gasteiger partial charge in [-0.1, -0.05) is 4.67 Å². The van der Waals surface area contributed by atoms with Crippen LogP contribution in [0.1, 0.15) is 13.2 Å². The first-order valence-electron chi connectivity index (χ1n) is 7.75. The summed E-state index contributed by atoms with van der Waals surface area (Å²) in [5.74, 6) is -0.252. The molecule has 26 heavy (non-hydrogen) atoms. The lowest BCUT2D eigenvalue weighted by molar-refractivity contribution is -0.114. The van der Waals surface area contributed by atoms with Gasteiger partial charge in [0.15, 0.2) is 6.23 Å². The van der Waals surface area contributed by atoms with Gasteiger partial charge in [0.2, 0.25) is 5.91 Å². The van der Waals surface area contributed by atoms with Crippen molar-refractivity contribution >= 4 is 19.9 Å². The maximum Gasteiger partial charge on any atom is 0.615 e. The van der Waals surface area contributed by atoms with E-state index in [-0.39, 0.29) is 18.3 Å². The Labute approximate surface area is 150 Å². The number of amides is 1. The molecule has 0 aromatic carbocycles.